The maximum absolute atomic E-state index is 12.5. The third-order valence-corrected chi connectivity index (χ3v) is 5.89. The predicted octanol–water partition coefficient (Wildman–Crippen LogP) is 3.87. The summed E-state index contributed by atoms with van der Waals surface area (Å²) in [5, 5.41) is 4.08. The van der Waals surface area contributed by atoms with Gasteiger partial charge in [0.2, 0.25) is 17.6 Å². The van der Waals surface area contributed by atoms with Gasteiger partial charge in [-0.3, -0.25) is 9.69 Å². The van der Waals surface area contributed by atoms with Crippen LogP contribution in [0.25, 0.3) is 17.5 Å². The smallest absolute Gasteiger partial charge is 0.246 e. The summed E-state index contributed by atoms with van der Waals surface area (Å²) >= 11 is 3.50. The molecular weight excluding hydrogens is 460 g/mol. The van der Waals surface area contributed by atoms with E-state index in [1.165, 1.54) is 0 Å². The molecule has 8 heteroatoms. The number of hydrogen-bond donors (Lipinski definition) is 0. The van der Waals surface area contributed by atoms with Crippen LogP contribution in [0.1, 0.15) is 11.5 Å². The van der Waals surface area contributed by atoms with Gasteiger partial charge in [-0.15, -0.1) is 0 Å². The van der Waals surface area contributed by atoms with E-state index in [4.69, 9.17) is 9.26 Å². The fourth-order valence-corrected chi connectivity index (χ4v) is 3.79. The Morgan fingerprint density at radius 2 is 1.87 bits per heavy atom. The van der Waals surface area contributed by atoms with Crippen LogP contribution in [0.2, 0.25) is 0 Å². The van der Waals surface area contributed by atoms with Crippen LogP contribution >= 0.6 is 15.9 Å². The summed E-state index contributed by atoms with van der Waals surface area (Å²) in [6, 6.07) is 15.4. The molecular formula is C23H23BrN4O3. The maximum Gasteiger partial charge on any atom is 0.246 e. The Labute approximate surface area is 189 Å². The minimum Gasteiger partial charge on any atom is -0.497 e. The quantitative estimate of drug-likeness (QED) is 0.496. The summed E-state index contributed by atoms with van der Waals surface area (Å²) in [6.07, 6.45) is 3.48. The Kier molecular flexibility index (Phi) is 6.79. The van der Waals surface area contributed by atoms with E-state index in [0.717, 1.165) is 34.4 Å². The molecule has 3 aromatic rings. The molecule has 31 heavy (non-hydrogen) atoms. The summed E-state index contributed by atoms with van der Waals surface area (Å²) in [7, 11) is 1.63. The number of piperazine rings is 1. The van der Waals surface area contributed by atoms with Crippen molar-refractivity contribution in [2.75, 3.05) is 33.3 Å². The van der Waals surface area contributed by atoms with Crippen LogP contribution in [0, 0.1) is 0 Å². The molecule has 0 unspecified atom stereocenters. The molecule has 2 aromatic carbocycles. The molecule has 1 amide bonds. The fourth-order valence-electron chi connectivity index (χ4n) is 3.37. The zero-order valence-electron chi connectivity index (χ0n) is 17.2. The Bertz CT molecular complexity index is 1060. The number of aromatic nitrogens is 2. The van der Waals surface area contributed by atoms with Gasteiger partial charge in [-0.2, -0.15) is 4.98 Å². The molecule has 0 N–H and O–H groups in total. The lowest BCUT2D eigenvalue weighted by molar-refractivity contribution is -0.127. The van der Waals surface area contributed by atoms with Gasteiger partial charge in [0.05, 0.1) is 13.7 Å². The lowest BCUT2D eigenvalue weighted by atomic mass is 10.2. The highest BCUT2D eigenvalue weighted by Crippen LogP contribution is 2.20. The number of methoxy groups -OCH3 is 1. The van der Waals surface area contributed by atoms with Crippen molar-refractivity contribution in [3.05, 3.63) is 70.5 Å². The minimum absolute atomic E-state index is 0.0231. The average molecular weight is 483 g/mol. The first-order valence-electron chi connectivity index (χ1n) is 10.0. The third kappa shape index (κ3) is 5.39. The SMILES string of the molecule is COc1ccc(-c2noc(CN3CCN(C(=O)/C=C/c4ccccc4Br)CC3)n2)cc1. The van der Waals surface area contributed by atoms with E-state index in [1.54, 1.807) is 13.2 Å². The van der Waals surface area contributed by atoms with Gasteiger partial charge in [0.1, 0.15) is 5.75 Å². The molecule has 0 radical (unpaired) electrons. The Morgan fingerprint density at radius 1 is 1.13 bits per heavy atom. The van der Waals surface area contributed by atoms with Gasteiger partial charge in [-0.25, -0.2) is 0 Å². The highest BCUT2D eigenvalue weighted by atomic mass is 79.9. The van der Waals surface area contributed by atoms with Crippen LogP contribution in [-0.4, -0.2) is 59.1 Å². The first-order chi connectivity index (χ1) is 15.1. The second kappa shape index (κ2) is 9.89. The zero-order chi connectivity index (χ0) is 21.6. The number of carbonyl (C=O) groups excluding carboxylic acids is 1. The van der Waals surface area contributed by atoms with Crippen molar-refractivity contribution in [3.63, 3.8) is 0 Å². The summed E-state index contributed by atoms with van der Waals surface area (Å²) in [4.78, 5) is 21.1. The predicted molar refractivity (Wildman–Crippen MR) is 121 cm³/mol. The van der Waals surface area contributed by atoms with Crippen LogP contribution in [-0.2, 0) is 11.3 Å². The van der Waals surface area contributed by atoms with Crippen molar-refractivity contribution in [1.82, 2.24) is 19.9 Å². The van der Waals surface area contributed by atoms with Crippen molar-refractivity contribution in [2.24, 2.45) is 0 Å². The number of ether oxygens (including phenoxy) is 1. The first kappa shape index (κ1) is 21.3. The number of rotatable bonds is 6. The van der Waals surface area contributed by atoms with Crippen molar-refractivity contribution in [2.45, 2.75) is 6.54 Å². The third-order valence-electron chi connectivity index (χ3n) is 5.17. The lowest BCUT2D eigenvalue weighted by Crippen LogP contribution is -2.47. The van der Waals surface area contributed by atoms with Crippen LogP contribution in [0.4, 0.5) is 0 Å². The zero-order valence-corrected chi connectivity index (χ0v) is 18.8. The lowest BCUT2D eigenvalue weighted by Gasteiger charge is -2.33. The topological polar surface area (TPSA) is 71.7 Å². The van der Waals surface area contributed by atoms with Crippen molar-refractivity contribution >= 4 is 27.9 Å². The molecule has 1 aromatic heterocycles. The summed E-state index contributed by atoms with van der Waals surface area (Å²) < 4.78 is 11.6. The number of hydrogen-bond acceptors (Lipinski definition) is 6. The highest BCUT2D eigenvalue weighted by molar-refractivity contribution is 9.10. The van der Waals surface area contributed by atoms with E-state index >= 15 is 0 Å². The van der Waals surface area contributed by atoms with Gasteiger partial charge in [-0.05, 0) is 42.0 Å². The molecule has 0 spiro atoms. The molecule has 7 nitrogen and oxygen atoms in total. The van der Waals surface area contributed by atoms with Gasteiger partial charge in [-0.1, -0.05) is 39.3 Å². The van der Waals surface area contributed by atoms with E-state index < -0.39 is 0 Å². The molecule has 0 atom stereocenters. The second-order valence-electron chi connectivity index (χ2n) is 7.20. The van der Waals surface area contributed by atoms with Crippen LogP contribution in [0.5, 0.6) is 5.75 Å². The van der Waals surface area contributed by atoms with E-state index in [1.807, 2.05) is 59.5 Å². The fraction of sp³-hybridized carbons (Fsp3) is 0.261. The first-order valence-corrected chi connectivity index (χ1v) is 10.8. The Hall–Kier alpha value is -2.97. The van der Waals surface area contributed by atoms with Crippen molar-refractivity contribution in [3.8, 4) is 17.1 Å². The van der Waals surface area contributed by atoms with Crippen LogP contribution < -0.4 is 4.74 Å². The van der Waals surface area contributed by atoms with Gasteiger partial charge in [0, 0.05) is 42.3 Å². The molecule has 4 rings (SSSR count). The monoisotopic (exact) mass is 482 g/mol. The van der Waals surface area contributed by atoms with E-state index in [9.17, 15) is 4.79 Å². The minimum atomic E-state index is 0.0231. The van der Waals surface area contributed by atoms with Crippen LogP contribution in [0.3, 0.4) is 0 Å². The molecule has 0 bridgehead atoms. The highest BCUT2D eigenvalue weighted by Gasteiger charge is 2.21. The van der Waals surface area contributed by atoms with Gasteiger partial charge in [0.15, 0.2) is 0 Å². The maximum atomic E-state index is 12.5. The number of amides is 1. The number of benzene rings is 2. The second-order valence-corrected chi connectivity index (χ2v) is 8.05. The Morgan fingerprint density at radius 3 is 2.58 bits per heavy atom. The Balaban J connectivity index is 1.29. The molecule has 0 saturated carbocycles. The van der Waals surface area contributed by atoms with E-state index in [2.05, 4.69) is 31.0 Å². The molecule has 1 aliphatic heterocycles. The summed E-state index contributed by atoms with van der Waals surface area (Å²) in [6.45, 7) is 3.42. The molecule has 0 aliphatic carbocycles. The number of carbonyl (C=O) groups is 1. The van der Waals surface area contributed by atoms with Crippen molar-refractivity contribution < 1.29 is 14.1 Å². The molecule has 1 fully saturated rings. The van der Waals surface area contributed by atoms with Crippen molar-refractivity contribution in [1.29, 1.82) is 0 Å². The van der Waals surface area contributed by atoms with Gasteiger partial charge < -0.3 is 14.2 Å². The van der Waals surface area contributed by atoms with E-state index in [0.29, 0.717) is 31.3 Å². The molecule has 2 heterocycles. The molecule has 1 saturated heterocycles. The summed E-state index contributed by atoms with van der Waals surface area (Å²) in [5.41, 5.74) is 1.86. The molecule has 160 valence electrons. The summed E-state index contributed by atoms with van der Waals surface area (Å²) in [5.74, 6) is 1.93. The largest absolute Gasteiger partial charge is 0.497 e. The van der Waals surface area contributed by atoms with E-state index in [-0.39, 0.29) is 5.91 Å². The number of nitrogens with zero attached hydrogens (tertiary/aromatic N) is 4. The van der Waals surface area contributed by atoms with Crippen LogP contribution in [0.15, 0.2) is 63.6 Å². The molecule has 1 aliphatic rings. The standard InChI is InChI=1S/C23H23BrN4O3/c1-30-19-9-6-18(7-10-19)23-25-21(31-26-23)16-27-12-14-28(15-13-27)22(29)11-8-17-4-2-3-5-20(17)24/h2-11H,12-16H2,1H3/b11-8+. The average Bonchev–Trinajstić information content (AvgIpc) is 3.27. The number of halogens is 1. The van der Waals surface area contributed by atoms with Gasteiger partial charge >= 0.3 is 0 Å². The van der Waals surface area contributed by atoms with Gasteiger partial charge in [0.25, 0.3) is 0 Å². The normalized spacial score (nSPS) is 14.8.